The van der Waals surface area contributed by atoms with Crippen molar-refractivity contribution in [2.45, 2.75) is 57.7 Å². The van der Waals surface area contributed by atoms with Crippen molar-refractivity contribution in [3.05, 3.63) is 0 Å². The Morgan fingerprint density at radius 2 is 2.11 bits per heavy atom. The summed E-state index contributed by atoms with van der Waals surface area (Å²) in [4.78, 5) is 14.4. The van der Waals surface area contributed by atoms with Gasteiger partial charge in [0.1, 0.15) is 6.10 Å². The van der Waals surface area contributed by atoms with Gasteiger partial charge in [0.25, 0.3) is 5.91 Å². The minimum atomic E-state index is -0.225. The summed E-state index contributed by atoms with van der Waals surface area (Å²) in [6, 6.07) is 0. The largest absolute Gasteiger partial charge is 0.364 e. The van der Waals surface area contributed by atoms with Crippen LogP contribution < -0.4 is 5.73 Å². The highest BCUT2D eigenvalue weighted by Crippen LogP contribution is 2.24. The Hall–Kier alpha value is -0.610. The van der Waals surface area contributed by atoms with E-state index in [4.69, 9.17) is 10.5 Å². The Balaban J connectivity index is 1.85. The van der Waals surface area contributed by atoms with Gasteiger partial charge < -0.3 is 15.4 Å². The van der Waals surface area contributed by atoms with E-state index in [2.05, 4.69) is 6.92 Å². The second kappa shape index (κ2) is 6.53. The third-order valence-corrected chi connectivity index (χ3v) is 4.38. The van der Waals surface area contributed by atoms with Gasteiger partial charge in [-0.05, 0) is 38.0 Å². The zero-order valence-corrected chi connectivity index (χ0v) is 11.4. The Kier molecular flexibility index (Phi) is 5.01. The molecule has 2 saturated heterocycles. The number of amides is 1. The second-order valence-electron chi connectivity index (χ2n) is 5.59. The fraction of sp³-hybridized carbons (Fsp3) is 0.929. The van der Waals surface area contributed by atoms with Crippen LogP contribution in [0.25, 0.3) is 0 Å². The van der Waals surface area contributed by atoms with Crippen molar-refractivity contribution in [2.75, 3.05) is 19.6 Å². The molecule has 1 amide bonds. The van der Waals surface area contributed by atoms with Gasteiger partial charge in [-0.3, -0.25) is 4.79 Å². The highest BCUT2D eigenvalue weighted by atomic mass is 16.5. The van der Waals surface area contributed by atoms with Gasteiger partial charge in [-0.2, -0.15) is 0 Å². The Morgan fingerprint density at radius 3 is 2.78 bits per heavy atom. The van der Waals surface area contributed by atoms with Crippen LogP contribution in [0.5, 0.6) is 0 Å². The Bertz CT molecular complexity index is 283. The predicted octanol–water partition coefficient (Wildman–Crippen LogP) is 1.53. The first-order chi connectivity index (χ1) is 8.74. The van der Waals surface area contributed by atoms with Crippen LogP contribution in [0, 0.1) is 5.92 Å². The van der Waals surface area contributed by atoms with Crippen molar-refractivity contribution in [2.24, 2.45) is 11.7 Å². The summed E-state index contributed by atoms with van der Waals surface area (Å²) in [6.07, 6.45) is 6.42. The van der Waals surface area contributed by atoms with Crippen LogP contribution in [0.3, 0.4) is 0 Å². The Morgan fingerprint density at radius 1 is 1.28 bits per heavy atom. The average Bonchev–Trinajstić information content (AvgIpc) is 2.75. The molecule has 0 aromatic heterocycles. The number of nitrogens with two attached hydrogens (primary N) is 1. The summed E-state index contributed by atoms with van der Waals surface area (Å²) in [7, 11) is 0. The van der Waals surface area contributed by atoms with Gasteiger partial charge in [-0.15, -0.1) is 0 Å². The summed E-state index contributed by atoms with van der Waals surface area (Å²) >= 11 is 0. The normalized spacial score (nSPS) is 33.4. The van der Waals surface area contributed by atoms with E-state index >= 15 is 0 Å². The number of rotatable bonds is 3. The molecule has 2 N–H and O–H groups in total. The van der Waals surface area contributed by atoms with E-state index in [1.807, 2.05) is 4.90 Å². The second-order valence-corrected chi connectivity index (χ2v) is 5.59. The molecule has 2 aliphatic rings. The average molecular weight is 254 g/mol. The third kappa shape index (κ3) is 3.23. The molecule has 0 saturated carbocycles. The first-order valence-corrected chi connectivity index (χ1v) is 7.39. The minimum absolute atomic E-state index is 0.0920. The molecule has 104 valence electrons. The topological polar surface area (TPSA) is 55.6 Å². The van der Waals surface area contributed by atoms with E-state index in [0.29, 0.717) is 6.54 Å². The molecule has 0 aromatic rings. The smallest absolute Gasteiger partial charge is 0.251 e. The molecular formula is C14H26N2O2. The summed E-state index contributed by atoms with van der Waals surface area (Å²) in [5.41, 5.74) is 5.59. The molecule has 2 rings (SSSR count). The van der Waals surface area contributed by atoms with E-state index in [0.717, 1.165) is 44.7 Å². The van der Waals surface area contributed by atoms with Gasteiger partial charge in [0, 0.05) is 19.6 Å². The summed E-state index contributed by atoms with van der Waals surface area (Å²) < 4.78 is 5.70. The first-order valence-electron chi connectivity index (χ1n) is 7.39. The van der Waals surface area contributed by atoms with Gasteiger partial charge in [0.15, 0.2) is 0 Å². The molecule has 4 heteroatoms. The summed E-state index contributed by atoms with van der Waals surface area (Å²) in [5.74, 6) is 0.992. The number of hydrogen-bond acceptors (Lipinski definition) is 3. The fourth-order valence-electron chi connectivity index (χ4n) is 3.06. The van der Waals surface area contributed by atoms with Crippen molar-refractivity contribution in [1.29, 1.82) is 0 Å². The van der Waals surface area contributed by atoms with Gasteiger partial charge in [0.2, 0.25) is 0 Å². The minimum Gasteiger partial charge on any atom is -0.364 e. The monoisotopic (exact) mass is 254 g/mol. The number of nitrogens with zero attached hydrogens (tertiary/aromatic N) is 1. The maximum absolute atomic E-state index is 12.4. The molecule has 2 heterocycles. The molecule has 0 radical (unpaired) electrons. The van der Waals surface area contributed by atoms with Gasteiger partial charge in [0.05, 0.1) is 6.10 Å². The quantitative estimate of drug-likeness (QED) is 0.831. The highest BCUT2D eigenvalue weighted by molar-refractivity contribution is 5.81. The van der Waals surface area contributed by atoms with E-state index in [9.17, 15) is 4.79 Å². The zero-order chi connectivity index (χ0) is 13.0. The molecule has 0 spiro atoms. The van der Waals surface area contributed by atoms with Gasteiger partial charge in [-0.1, -0.05) is 13.3 Å². The maximum Gasteiger partial charge on any atom is 0.251 e. The van der Waals surface area contributed by atoms with Crippen LogP contribution in [0.15, 0.2) is 0 Å². The Labute approximate surface area is 110 Å². The standard InChI is InChI=1S/C14H26N2O2/c1-2-11-4-3-8-16(9-7-11)14(17)13-6-5-12(10-15)18-13/h11-13H,2-10,15H2,1H3/t11?,12-,13+/m1/s1. The zero-order valence-electron chi connectivity index (χ0n) is 11.4. The van der Waals surface area contributed by atoms with E-state index in [-0.39, 0.29) is 18.1 Å². The van der Waals surface area contributed by atoms with Crippen molar-refractivity contribution in [3.63, 3.8) is 0 Å². The number of carbonyl (C=O) groups excluding carboxylic acids is 1. The predicted molar refractivity (Wildman–Crippen MR) is 71.2 cm³/mol. The van der Waals surface area contributed by atoms with Gasteiger partial charge >= 0.3 is 0 Å². The molecule has 18 heavy (non-hydrogen) atoms. The summed E-state index contributed by atoms with van der Waals surface area (Å²) in [6.45, 7) is 4.59. The molecule has 1 unspecified atom stereocenters. The van der Waals surface area contributed by atoms with Crippen molar-refractivity contribution < 1.29 is 9.53 Å². The lowest BCUT2D eigenvalue weighted by atomic mass is 9.98. The van der Waals surface area contributed by atoms with E-state index in [1.165, 1.54) is 12.8 Å². The molecule has 3 atom stereocenters. The van der Waals surface area contributed by atoms with Crippen LogP contribution in [0.1, 0.15) is 45.4 Å². The van der Waals surface area contributed by atoms with Crippen LogP contribution in [0.2, 0.25) is 0 Å². The third-order valence-electron chi connectivity index (χ3n) is 4.38. The van der Waals surface area contributed by atoms with E-state index < -0.39 is 0 Å². The molecule has 0 bridgehead atoms. The molecule has 0 aromatic carbocycles. The maximum atomic E-state index is 12.4. The fourth-order valence-corrected chi connectivity index (χ4v) is 3.06. The first kappa shape index (κ1) is 13.8. The molecule has 2 fully saturated rings. The van der Waals surface area contributed by atoms with Crippen LogP contribution in [0.4, 0.5) is 0 Å². The lowest BCUT2D eigenvalue weighted by Crippen LogP contribution is -2.40. The lowest BCUT2D eigenvalue weighted by Gasteiger charge is -2.24. The SMILES string of the molecule is CCC1CCCN(C(=O)[C@@H]2CC[C@H](CN)O2)CC1. The number of hydrogen-bond donors (Lipinski definition) is 1. The molecule has 0 aliphatic carbocycles. The van der Waals surface area contributed by atoms with Gasteiger partial charge in [-0.25, -0.2) is 0 Å². The highest BCUT2D eigenvalue weighted by Gasteiger charge is 2.33. The van der Waals surface area contributed by atoms with Crippen LogP contribution in [-0.4, -0.2) is 42.6 Å². The molecular weight excluding hydrogens is 228 g/mol. The van der Waals surface area contributed by atoms with Crippen LogP contribution in [-0.2, 0) is 9.53 Å². The van der Waals surface area contributed by atoms with Crippen molar-refractivity contribution in [1.82, 2.24) is 4.90 Å². The number of likely N-dealkylation sites (tertiary alicyclic amines) is 1. The van der Waals surface area contributed by atoms with Crippen molar-refractivity contribution >= 4 is 5.91 Å². The van der Waals surface area contributed by atoms with Crippen molar-refractivity contribution in [3.8, 4) is 0 Å². The number of carbonyl (C=O) groups is 1. The molecule has 4 nitrogen and oxygen atoms in total. The lowest BCUT2D eigenvalue weighted by molar-refractivity contribution is -0.142. The summed E-state index contributed by atoms with van der Waals surface area (Å²) in [5, 5.41) is 0. The van der Waals surface area contributed by atoms with Crippen LogP contribution >= 0.6 is 0 Å². The van der Waals surface area contributed by atoms with E-state index in [1.54, 1.807) is 0 Å². The number of ether oxygens (including phenoxy) is 1. The molecule has 2 aliphatic heterocycles.